The highest BCUT2D eigenvalue weighted by Gasteiger charge is 2.31. The van der Waals surface area contributed by atoms with Crippen LogP contribution in [0.15, 0.2) is 9.98 Å². The predicted molar refractivity (Wildman–Crippen MR) is 165 cm³/mol. The monoisotopic (exact) mass is 626 g/mol. The molecular formula is C26H50N12O6. The SMILES string of the molecule is C[C@H](NC(=O)[C@H](CCCN=C(N)N)NC(=O)[C@H](CCCCN)NC(=O)[C@H](CCCN=C(N)N)NC(=O)[C@@H]1CCCN1)C(=O)O. The van der Waals surface area contributed by atoms with Gasteiger partial charge in [-0.1, -0.05) is 0 Å². The van der Waals surface area contributed by atoms with Crippen LogP contribution in [-0.4, -0.2) is 103 Å². The third-order valence-electron chi connectivity index (χ3n) is 6.84. The third-order valence-corrected chi connectivity index (χ3v) is 6.84. The molecule has 0 bridgehead atoms. The van der Waals surface area contributed by atoms with Gasteiger partial charge in [0.2, 0.25) is 23.6 Å². The number of hydrogen-bond donors (Lipinski definition) is 11. The standard InChI is InChI=1S/C26H50N12O6/c1-15(24(43)44)35-21(40)18(9-5-13-33-25(28)29)38-22(41)17(7-2-3-11-27)37-23(42)19(10-6-14-34-26(30)31)36-20(39)16-8-4-12-32-16/h15-19,32H,2-14,27H2,1H3,(H,35,40)(H,36,39)(H,37,42)(H,38,41)(H,43,44)(H4,28,29,33)(H4,30,31,34)/t15-,16-,17-,18-,19-/m0/s1. The highest BCUT2D eigenvalue weighted by molar-refractivity contribution is 5.95. The minimum atomic E-state index is -1.25. The van der Waals surface area contributed by atoms with Crippen molar-refractivity contribution in [3.8, 4) is 0 Å². The van der Waals surface area contributed by atoms with Crippen molar-refractivity contribution in [1.29, 1.82) is 0 Å². The second-order valence-electron chi connectivity index (χ2n) is 10.6. The van der Waals surface area contributed by atoms with Gasteiger partial charge in [-0.25, -0.2) is 0 Å². The van der Waals surface area contributed by atoms with Gasteiger partial charge in [-0.15, -0.1) is 0 Å². The summed E-state index contributed by atoms with van der Waals surface area (Å²) in [6.45, 7) is 2.74. The number of nitrogens with zero attached hydrogens (tertiary/aromatic N) is 2. The van der Waals surface area contributed by atoms with E-state index in [1.54, 1.807) is 0 Å². The lowest BCUT2D eigenvalue weighted by atomic mass is 10.0. The zero-order valence-corrected chi connectivity index (χ0v) is 25.3. The molecule has 1 heterocycles. The molecule has 44 heavy (non-hydrogen) atoms. The number of carboxylic acid groups (broad SMARTS) is 1. The molecule has 18 heteroatoms. The normalized spacial score (nSPS) is 16.8. The molecule has 0 aliphatic carbocycles. The van der Waals surface area contributed by atoms with Gasteiger partial charge in [0.15, 0.2) is 11.9 Å². The minimum Gasteiger partial charge on any atom is -0.480 e. The van der Waals surface area contributed by atoms with Crippen LogP contribution in [0.25, 0.3) is 0 Å². The summed E-state index contributed by atoms with van der Waals surface area (Å²) in [6, 6.07) is -4.86. The van der Waals surface area contributed by atoms with Crippen LogP contribution in [0, 0.1) is 0 Å². The van der Waals surface area contributed by atoms with Crippen molar-refractivity contribution in [3.63, 3.8) is 0 Å². The molecule has 1 rings (SSSR count). The van der Waals surface area contributed by atoms with Crippen molar-refractivity contribution < 1.29 is 29.1 Å². The first kappa shape index (κ1) is 37.8. The van der Waals surface area contributed by atoms with Gasteiger partial charge in [-0.05, 0) is 77.8 Å². The topological polar surface area (TPSA) is 321 Å². The van der Waals surface area contributed by atoms with E-state index in [9.17, 15) is 29.1 Å². The average Bonchev–Trinajstić information content (AvgIpc) is 3.50. The Balaban J connectivity index is 3.11. The Labute approximate surface area is 257 Å². The summed E-state index contributed by atoms with van der Waals surface area (Å²) in [5, 5.41) is 22.7. The molecule has 0 unspecified atom stereocenters. The summed E-state index contributed by atoms with van der Waals surface area (Å²) < 4.78 is 0. The number of rotatable bonds is 21. The van der Waals surface area contributed by atoms with Gasteiger partial charge in [0.1, 0.15) is 24.2 Å². The van der Waals surface area contributed by atoms with Gasteiger partial charge >= 0.3 is 5.97 Å². The molecule has 1 saturated heterocycles. The third kappa shape index (κ3) is 15.3. The number of hydrogen-bond acceptors (Lipinski definition) is 9. The van der Waals surface area contributed by atoms with Crippen molar-refractivity contribution in [1.82, 2.24) is 26.6 Å². The summed E-state index contributed by atoms with van der Waals surface area (Å²) >= 11 is 0. The molecular weight excluding hydrogens is 576 g/mol. The number of carbonyl (C=O) groups excluding carboxylic acids is 4. The molecule has 250 valence electrons. The summed E-state index contributed by atoms with van der Waals surface area (Å²) in [5.74, 6) is -3.81. The van der Waals surface area contributed by atoms with E-state index in [-0.39, 0.29) is 50.2 Å². The number of unbranched alkanes of at least 4 members (excludes halogenated alkanes) is 1. The van der Waals surface area contributed by atoms with Gasteiger partial charge in [-0.3, -0.25) is 34.0 Å². The van der Waals surface area contributed by atoms with Crippen LogP contribution < -0.4 is 55.3 Å². The molecule has 0 aromatic rings. The highest BCUT2D eigenvalue weighted by Crippen LogP contribution is 2.09. The Morgan fingerprint density at radius 3 is 1.68 bits per heavy atom. The minimum absolute atomic E-state index is 0.0853. The van der Waals surface area contributed by atoms with E-state index >= 15 is 0 Å². The lowest BCUT2D eigenvalue weighted by Crippen LogP contribution is -2.58. The van der Waals surface area contributed by atoms with Gasteiger partial charge in [0.05, 0.1) is 6.04 Å². The first-order chi connectivity index (χ1) is 20.8. The van der Waals surface area contributed by atoms with E-state index in [0.29, 0.717) is 45.2 Å². The maximum Gasteiger partial charge on any atom is 0.325 e. The maximum atomic E-state index is 13.5. The number of amides is 4. The zero-order valence-electron chi connectivity index (χ0n) is 25.3. The van der Waals surface area contributed by atoms with Crippen LogP contribution in [-0.2, 0) is 24.0 Å². The molecule has 0 aromatic heterocycles. The average molecular weight is 627 g/mol. The van der Waals surface area contributed by atoms with Crippen LogP contribution in [0.3, 0.4) is 0 Å². The Hall–Kier alpha value is -4.19. The van der Waals surface area contributed by atoms with E-state index in [4.69, 9.17) is 28.7 Å². The number of guanidine groups is 2. The zero-order chi connectivity index (χ0) is 33.1. The van der Waals surface area contributed by atoms with Gasteiger partial charge < -0.3 is 60.4 Å². The number of nitrogens with two attached hydrogens (primary N) is 5. The number of aliphatic carboxylic acids is 1. The largest absolute Gasteiger partial charge is 0.480 e. The number of aliphatic imine (C=N–C) groups is 2. The molecule has 18 nitrogen and oxygen atoms in total. The summed E-state index contributed by atoms with van der Waals surface area (Å²) in [4.78, 5) is 71.7. The number of nitrogens with one attached hydrogen (secondary N) is 5. The van der Waals surface area contributed by atoms with Crippen LogP contribution in [0.4, 0.5) is 0 Å². The van der Waals surface area contributed by atoms with E-state index in [1.807, 2.05) is 0 Å². The highest BCUT2D eigenvalue weighted by atomic mass is 16.4. The van der Waals surface area contributed by atoms with Crippen molar-refractivity contribution in [2.75, 3.05) is 26.2 Å². The van der Waals surface area contributed by atoms with E-state index in [1.165, 1.54) is 6.92 Å². The van der Waals surface area contributed by atoms with Gasteiger partial charge in [0, 0.05) is 13.1 Å². The molecule has 1 aliphatic rings. The van der Waals surface area contributed by atoms with E-state index in [0.717, 1.165) is 6.42 Å². The fourth-order valence-electron chi connectivity index (χ4n) is 4.41. The van der Waals surface area contributed by atoms with E-state index in [2.05, 4.69) is 36.6 Å². The fraction of sp³-hybridized carbons (Fsp3) is 0.731. The first-order valence-electron chi connectivity index (χ1n) is 14.8. The van der Waals surface area contributed by atoms with Crippen molar-refractivity contribution in [3.05, 3.63) is 0 Å². The Morgan fingerprint density at radius 2 is 1.25 bits per heavy atom. The Bertz CT molecular complexity index is 1010. The Kier molecular flexibility index (Phi) is 17.8. The molecule has 0 spiro atoms. The molecule has 4 amide bonds. The van der Waals surface area contributed by atoms with Crippen molar-refractivity contribution in [2.24, 2.45) is 38.7 Å². The fourth-order valence-corrected chi connectivity index (χ4v) is 4.41. The second-order valence-corrected chi connectivity index (χ2v) is 10.6. The molecule has 1 fully saturated rings. The van der Waals surface area contributed by atoms with Crippen LogP contribution in [0.1, 0.15) is 64.7 Å². The first-order valence-corrected chi connectivity index (χ1v) is 14.8. The quantitative estimate of drug-likeness (QED) is 0.0330. The lowest BCUT2D eigenvalue weighted by Gasteiger charge is -2.26. The second kappa shape index (κ2) is 20.7. The summed E-state index contributed by atoms with van der Waals surface area (Å²) in [5.41, 5.74) is 27.1. The smallest absolute Gasteiger partial charge is 0.325 e. The molecule has 16 N–H and O–H groups in total. The van der Waals surface area contributed by atoms with E-state index < -0.39 is 53.9 Å². The summed E-state index contributed by atoms with van der Waals surface area (Å²) in [6.07, 6.45) is 3.66. The number of carbonyl (C=O) groups is 5. The predicted octanol–water partition coefficient (Wildman–Crippen LogP) is -3.98. The molecule has 0 aromatic carbocycles. The van der Waals surface area contributed by atoms with Gasteiger partial charge in [0.25, 0.3) is 0 Å². The van der Waals surface area contributed by atoms with Crippen LogP contribution >= 0.6 is 0 Å². The van der Waals surface area contributed by atoms with Crippen molar-refractivity contribution >= 4 is 41.5 Å². The molecule has 1 aliphatic heterocycles. The molecule has 0 radical (unpaired) electrons. The Morgan fingerprint density at radius 1 is 0.773 bits per heavy atom. The van der Waals surface area contributed by atoms with Crippen LogP contribution in [0.5, 0.6) is 0 Å². The molecule has 0 saturated carbocycles. The van der Waals surface area contributed by atoms with Crippen molar-refractivity contribution in [2.45, 2.75) is 94.9 Å². The molecule has 5 atom stereocenters. The summed E-state index contributed by atoms with van der Waals surface area (Å²) in [7, 11) is 0. The number of carboxylic acids is 1. The maximum absolute atomic E-state index is 13.5. The van der Waals surface area contributed by atoms with Gasteiger partial charge in [-0.2, -0.15) is 0 Å². The lowest BCUT2D eigenvalue weighted by molar-refractivity contribution is -0.141. The van der Waals surface area contributed by atoms with Crippen LogP contribution in [0.2, 0.25) is 0 Å².